The Bertz CT molecular complexity index is 388. The Labute approximate surface area is 112 Å². The van der Waals surface area contributed by atoms with Crippen LogP contribution in [0.3, 0.4) is 0 Å². The fourth-order valence-electron chi connectivity index (χ4n) is 2.80. The van der Waals surface area contributed by atoms with Crippen molar-refractivity contribution in [3.63, 3.8) is 0 Å². The summed E-state index contributed by atoms with van der Waals surface area (Å²) in [5.41, 5.74) is -0.351. The second-order valence-electron chi connectivity index (χ2n) is 5.66. The third-order valence-electron chi connectivity index (χ3n) is 4.27. The van der Waals surface area contributed by atoms with Crippen LogP contribution in [0.5, 0.6) is 0 Å². The molecule has 6 nitrogen and oxygen atoms in total. The maximum atomic E-state index is 12.2. The fraction of sp³-hybridized carbons (Fsp3) is 0.846. The molecule has 19 heavy (non-hydrogen) atoms. The van der Waals surface area contributed by atoms with Crippen LogP contribution in [0.25, 0.3) is 0 Å². The first-order valence-electron chi connectivity index (χ1n) is 6.87. The van der Waals surface area contributed by atoms with Crippen molar-refractivity contribution in [2.24, 2.45) is 0 Å². The Kier molecular flexibility index (Phi) is 3.32. The van der Waals surface area contributed by atoms with Gasteiger partial charge in [-0.15, -0.1) is 0 Å². The zero-order valence-corrected chi connectivity index (χ0v) is 11.2. The number of nitrogens with zero attached hydrogens (tertiary/aromatic N) is 1. The summed E-state index contributed by atoms with van der Waals surface area (Å²) in [7, 11) is 1.66. The lowest BCUT2D eigenvalue weighted by Crippen LogP contribution is -2.48. The standard InChI is InChI=1S/C13H20N2O4/c1-18-13(4-5-19-8-13)7-14-10-6-11(16)15(12(10)17)9-2-3-9/h9-10,14H,2-8H2,1H3. The molecule has 0 bridgehead atoms. The highest BCUT2D eigenvalue weighted by Gasteiger charge is 2.46. The van der Waals surface area contributed by atoms with E-state index in [2.05, 4.69) is 5.32 Å². The van der Waals surface area contributed by atoms with E-state index in [1.54, 1.807) is 7.11 Å². The highest BCUT2D eigenvalue weighted by atomic mass is 16.5. The van der Waals surface area contributed by atoms with Gasteiger partial charge in [-0.3, -0.25) is 14.5 Å². The van der Waals surface area contributed by atoms with Crippen LogP contribution in [-0.2, 0) is 19.1 Å². The van der Waals surface area contributed by atoms with E-state index in [1.807, 2.05) is 0 Å². The van der Waals surface area contributed by atoms with Gasteiger partial charge in [0, 0.05) is 32.7 Å². The number of carbonyl (C=O) groups is 2. The average molecular weight is 268 g/mol. The summed E-state index contributed by atoms with van der Waals surface area (Å²) in [6, 6.07) is -0.223. The summed E-state index contributed by atoms with van der Waals surface area (Å²) in [5.74, 6) is -0.114. The van der Waals surface area contributed by atoms with E-state index in [0.29, 0.717) is 19.8 Å². The Morgan fingerprint density at radius 2 is 2.26 bits per heavy atom. The van der Waals surface area contributed by atoms with Crippen molar-refractivity contribution in [2.75, 3.05) is 26.9 Å². The predicted octanol–water partition coefficient (Wildman–Crippen LogP) is -0.329. The molecule has 0 aromatic carbocycles. The fourth-order valence-corrected chi connectivity index (χ4v) is 2.80. The number of carbonyl (C=O) groups excluding carboxylic acids is 2. The first kappa shape index (κ1) is 13.0. The van der Waals surface area contributed by atoms with Gasteiger partial charge < -0.3 is 14.8 Å². The van der Waals surface area contributed by atoms with Crippen LogP contribution in [0.2, 0.25) is 0 Å². The molecule has 2 heterocycles. The molecule has 1 aliphatic carbocycles. The van der Waals surface area contributed by atoms with Crippen molar-refractivity contribution in [1.29, 1.82) is 0 Å². The van der Waals surface area contributed by atoms with Gasteiger partial charge in [0.15, 0.2) is 0 Å². The molecule has 3 aliphatic rings. The minimum Gasteiger partial charge on any atom is -0.378 e. The van der Waals surface area contributed by atoms with Crippen molar-refractivity contribution in [2.45, 2.75) is 43.4 Å². The highest BCUT2D eigenvalue weighted by Crippen LogP contribution is 2.31. The van der Waals surface area contributed by atoms with Gasteiger partial charge in [0.2, 0.25) is 11.8 Å². The van der Waals surface area contributed by atoms with Gasteiger partial charge in [0.1, 0.15) is 5.60 Å². The normalized spacial score (nSPS) is 35.4. The van der Waals surface area contributed by atoms with Gasteiger partial charge in [0.05, 0.1) is 19.1 Å². The van der Waals surface area contributed by atoms with Gasteiger partial charge >= 0.3 is 0 Å². The molecular formula is C13H20N2O4. The van der Waals surface area contributed by atoms with Crippen LogP contribution in [-0.4, -0.2) is 61.3 Å². The van der Waals surface area contributed by atoms with Gasteiger partial charge in [0.25, 0.3) is 0 Å². The molecule has 1 saturated carbocycles. The molecule has 0 aromatic heterocycles. The third kappa shape index (κ3) is 2.40. The van der Waals surface area contributed by atoms with Crippen LogP contribution in [0.4, 0.5) is 0 Å². The smallest absolute Gasteiger partial charge is 0.247 e. The van der Waals surface area contributed by atoms with E-state index in [1.165, 1.54) is 4.90 Å². The van der Waals surface area contributed by atoms with E-state index in [-0.39, 0.29) is 35.9 Å². The van der Waals surface area contributed by atoms with Crippen molar-refractivity contribution in [3.05, 3.63) is 0 Å². The Hall–Kier alpha value is -0.980. The van der Waals surface area contributed by atoms with Crippen LogP contribution in [0.15, 0.2) is 0 Å². The zero-order chi connectivity index (χ0) is 13.5. The maximum Gasteiger partial charge on any atom is 0.247 e. The molecule has 2 amide bonds. The number of nitrogens with one attached hydrogen (secondary N) is 1. The Morgan fingerprint density at radius 3 is 2.84 bits per heavy atom. The van der Waals surface area contributed by atoms with Gasteiger partial charge in [-0.25, -0.2) is 0 Å². The molecule has 6 heteroatoms. The van der Waals surface area contributed by atoms with Crippen LogP contribution in [0.1, 0.15) is 25.7 Å². The first-order chi connectivity index (χ1) is 9.15. The second kappa shape index (κ2) is 4.85. The highest BCUT2D eigenvalue weighted by molar-refractivity contribution is 6.06. The lowest BCUT2D eigenvalue weighted by molar-refractivity contribution is -0.139. The van der Waals surface area contributed by atoms with E-state index < -0.39 is 0 Å². The summed E-state index contributed by atoms with van der Waals surface area (Å²) < 4.78 is 10.9. The largest absolute Gasteiger partial charge is 0.378 e. The van der Waals surface area contributed by atoms with E-state index in [4.69, 9.17) is 9.47 Å². The number of ether oxygens (including phenoxy) is 2. The average Bonchev–Trinajstić information content (AvgIpc) is 3.04. The summed E-state index contributed by atoms with van der Waals surface area (Å²) in [6.45, 7) is 1.77. The van der Waals surface area contributed by atoms with Crippen LogP contribution in [0, 0.1) is 0 Å². The number of amides is 2. The minimum atomic E-state index is -0.388. The molecule has 0 spiro atoms. The summed E-state index contributed by atoms with van der Waals surface area (Å²) >= 11 is 0. The van der Waals surface area contributed by atoms with E-state index >= 15 is 0 Å². The van der Waals surface area contributed by atoms with E-state index in [0.717, 1.165) is 19.3 Å². The van der Waals surface area contributed by atoms with Gasteiger partial charge in [-0.1, -0.05) is 0 Å². The molecule has 1 N–H and O–H groups in total. The number of likely N-dealkylation sites (tertiary alicyclic amines) is 1. The molecule has 3 rings (SSSR count). The zero-order valence-electron chi connectivity index (χ0n) is 11.2. The van der Waals surface area contributed by atoms with Crippen molar-refractivity contribution < 1.29 is 19.1 Å². The van der Waals surface area contributed by atoms with Crippen molar-refractivity contribution in [1.82, 2.24) is 10.2 Å². The summed E-state index contributed by atoms with van der Waals surface area (Å²) in [4.78, 5) is 25.4. The van der Waals surface area contributed by atoms with Crippen LogP contribution >= 0.6 is 0 Å². The number of hydrogen-bond donors (Lipinski definition) is 1. The van der Waals surface area contributed by atoms with Gasteiger partial charge in [-0.2, -0.15) is 0 Å². The van der Waals surface area contributed by atoms with Crippen molar-refractivity contribution >= 4 is 11.8 Å². The predicted molar refractivity (Wildman–Crippen MR) is 66.5 cm³/mol. The summed E-state index contributed by atoms with van der Waals surface area (Å²) in [6.07, 6.45) is 3.01. The van der Waals surface area contributed by atoms with E-state index in [9.17, 15) is 9.59 Å². The number of imide groups is 1. The molecular weight excluding hydrogens is 248 g/mol. The molecule has 0 radical (unpaired) electrons. The first-order valence-corrected chi connectivity index (χ1v) is 6.87. The molecule has 2 atom stereocenters. The lowest BCUT2D eigenvalue weighted by atomic mass is 10.0. The monoisotopic (exact) mass is 268 g/mol. The Balaban J connectivity index is 1.58. The maximum absolute atomic E-state index is 12.2. The molecule has 2 saturated heterocycles. The number of hydrogen-bond acceptors (Lipinski definition) is 5. The lowest BCUT2D eigenvalue weighted by Gasteiger charge is -2.27. The minimum absolute atomic E-state index is 0.0425. The SMILES string of the molecule is COC1(CNC2CC(=O)N(C3CC3)C2=O)CCOC1. The topological polar surface area (TPSA) is 67.9 Å². The number of rotatable bonds is 5. The molecule has 3 fully saturated rings. The second-order valence-corrected chi connectivity index (χ2v) is 5.66. The molecule has 106 valence electrons. The summed E-state index contributed by atoms with van der Waals surface area (Å²) in [5, 5.41) is 3.19. The van der Waals surface area contributed by atoms with Crippen molar-refractivity contribution in [3.8, 4) is 0 Å². The molecule has 2 unspecified atom stereocenters. The molecule has 2 aliphatic heterocycles. The third-order valence-corrected chi connectivity index (χ3v) is 4.27. The molecule has 0 aromatic rings. The van der Waals surface area contributed by atoms with Crippen LogP contribution < -0.4 is 5.32 Å². The Morgan fingerprint density at radius 1 is 1.47 bits per heavy atom. The number of methoxy groups -OCH3 is 1. The van der Waals surface area contributed by atoms with Gasteiger partial charge in [-0.05, 0) is 12.8 Å². The quantitative estimate of drug-likeness (QED) is 0.692.